The molecule has 9 heteroatoms. The number of amidine groups is 1. The lowest BCUT2D eigenvalue weighted by molar-refractivity contribution is -0.384. The van der Waals surface area contributed by atoms with Crippen molar-refractivity contribution in [3.05, 3.63) is 57.4 Å². The fraction of sp³-hybridized carbons (Fsp3) is 0. The van der Waals surface area contributed by atoms with Crippen molar-refractivity contribution in [2.45, 2.75) is 0 Å². The molecule has 0 spiro atoms. The van der Waals surface area contributed by atoms with Crippen LogP contribution in [0.4, 0.5) is 5.69 Å². The van der Waals surface area contributed by atoms with Crippen molar-refractivity contribution in [3.63, 3.8) is 0 Å². The lowest BCUT2D eigenvalue weighted by Crippen LogP contribution is -2.14. The van der Waals surface area contributed by atoms with E-state index < -0.39 is 4.92 Å². The summed E-state index contributed by atoms with van der Waals surface area (Å²) in [6.07, 6.45) is 1.32. The van der Waals surface area contributed by atoms with Crippen molar-refractivity contribution in [2.24, 2.45) is 10.9 Å². The molecule has 0 bridgehead atoms. The lowest BCUT2D eigenvalue weighted by atomic mass is 10.3. The van der Waals surface area contributed by atoms with Crippen LogP contribution in [0.5, 0.6) is 11.5 Å². The third-order valence-corrected chi connectivity index (χ3v) is 2.77. The second kappa shape index (κ2) is 6.06. The Morgan fingerprint density at radius 3 is 2.76 bits per heavy atom. The molecule has 0 amide bonds. The normalized spacial score (nSPS) is 11.2. The first-order valence-electron chi connectivity index (χ1n) is 5.57. The Morgan fingerprint density at radius 1 is 1.43 bits per heavy atom. The molecule has 108 valence electrons. The number of nitro groups is 1. The van der Waals surface area contributed by atoms with Crippen LogP contribution in [0.3, 0.4) is 0 Å². The van der Waals surface area contributed by atoms with Crippen molar-refractivity contribution in [1.82, 2.24) is 4.98 Å². The first-order valence-corrected chi connectivity index (χ1v) is 5.95. The van der Waals surface area contributed by atoms with E-state index in [9.17, 15) is 10.1 Å². The van der Waals surface area contributed by atoms with Crippen LogP contribution >= 0.6 is 11.6 Å². The van der Waals surface area contributed by atoms with Gasteiger partial charge in [0.1, 0.15) is 11.4 Å². The van der Waals surface area contributed by atoms with Crippen LogP contribution in [0.25, 0.3) is 0 Å². The van der Waals surface area contributed by atoms with Gasteiger partial charge in [0.05, 0.1) is 22.2 Å². The van der Waals surface area contributed by atoms with Crippen LogP contribution < -0.4 is 10.5 Å². The van der Waals surface area contributed by atoms with Crippen molar-refractivity contribution >= 4 is 23.1 Å². The summed E-state index contributed by atoms with van der Waals surface area (Å²) in [7, 11) is 0. The van der Waals surface area contributed by atoms with E-state index in [2.05, 4.69) is 10.1 Å². The van der Waals surface area contributed by atoms with Crippen LogP contribution in [-0.4, -0.2) is 21.0 Å². The molecule has 0 aliphatic heterocycles. The molecule has 0 fully saturated rings. The first-order chi connectivity index (χ1) is 10.0. The minimum Gasteiger partial charge on any atom is -0.454 e. The quantitative estimate of drug-likeness (QED) is 0.294. The molecule has 1 aromatic carbocycles. The van der Waals surface area contributed by atoms with Crippen LogP contribution in [0.1, 0.15) is 5.69 Å². The minimum atomic E-state index is -0.553. The molecule has 0 saturated heterocycles. The van der Waals surface area contributed by atoms with E-state index in [4.69, 9.17) is 27.3 Å². The van der Waals surface area contributed by atoms with Gasteiger partial charge in [0.25, 0.3) is 5.69 Å². The SMILES string of the molecule is N/C(=N/O)c1ccc(Oc2cc([N+](=O)[O-])ccc2Cl)cn1. The molecule has 8 nitrogen and oxygen atoms in total. The Hall–Kier alpha value is -2.87. The summed E-state index contributed by atoms with van der Waals surface area (Å²) in [5, 5.41) is 22.3. The molecule has 2 aromatic rings. The van der Waals surface area contributed by atoms with Crippen molar-refractivity contribution in [1.29, 1.82) is 0 Å². The van der Waals surface area contributed by atoms with E-state index in [-0.39, 0.29) is 28.0 Å². The second-order valence-electron chi connectivity index (χ2n) is 3.84. The number of nitrogens with zero attached hydrogens (tertiary/aromatic N) is 3. The topological polar surface area (TPSA) is 124 Å². The number of hydrogen-bond acceptors (Lipinski definition) is 6. The van der Waals surface area contributed by atoms with Crippen molar-refractivity contribution in [2.75, 3.05) is 0 Å². The number of ether oxygens (including phenoxy) is 1. The predicted octanol–water partition coefficient (Wildman–Crippen LogP) is 2.53. The van der Waals surface area contributed by atoms with Crippen LogP contribution in [0, 0.1) is 10.1 Å². The first kappa shape index (κ1) is 14.5. The standard InChI is InChI=1S/C12H9ClN4O4/c13-9-3-1-7(17(19)20)5-11(9)21-8-2-4-10(15-6-8)12(14)16-18/h1-6,18H,(H2,14,16). The number of pyridine rings is 1. The van der Waals surface area contributed by atoms with E-state index >= 15 is 0 Å². The maximum atomic E-state index is 10.7. The molecule has 0 unspecified atom stereocenters. The number of halogens is 1. The molecule has 0 radical (unpaired) electrons. The van der Waals surface area contributed by atoms with Gasteiger partial charge in [0.15, 0.2) is 11.6 Å². The third kappa shape index (κ3) is 3.37. The summed E-state index contributed by atoms with van der Waals surface area (Å²) in [6, 6.07) is 6.83. The van der Waals surface area contributed by atoms with Gasteiger partial charge < -0.3 is 15.7 Å². The average Bonchev–Trinajstić information content (AvgIpc) is 2.49. The highest BCUT2D eigenvalue weighted by atomic mass is 35.5. The maximum Gasteiger partial charge on any atom is 0.273 e. The fourth-order valence-corrected chi connectivity index (χ4v) is 1.61. The highest BCUT2D eigenvalue weighted by Crippen LogP contribution is 2.32. The van der Waals surface area contributed by atoms with Crippen molar-refractivity contribution < 1.29 is 14.9 Å². The molecular weight excluding hydrogens is 300 g/mol. The van der Waals surface area contributed by atoms with Gasteiger partial charge in [0, 0.05) is 6.07 Å². The predicted molar refractivity (Wildman–Crippen MR) is 74.9 cm³/mol. The lowest BCUT2D eigenvalue weighted by Gasteiger charge is -2.07. The Bertz CT molecular complexity index is 703. The molecule has 1 heterocycles. The summed E-state index contributed by atoms with van der Waals surface area (Å²) in [6.45, 7) is 0. The zero-order valence-corrected chi connectivity index (χ0v) is 11.2. The number of hydrogen-bond donors (Lipinski definition) is 2. The van der Waals surface area contributed by atoms with Crippen molar-refractivity contribution in [3.8, 4) is 11.5 Å². The van der Waals surface area contributed by atoms with Crippen LogP contribution in [0.2, 0.25) is 5.02 Å². The number of oxime groups is 1. The summed E-state index contributed by atoms with van der Waals surface area (Å²) in [5.74, 6) is 0.283. The Labute approximate surface area is 123 Å². The Morgan fingerprint density at radius 2 is 2.19 bits per heavy atom. The van der Waals surface area contributed by atoms with E-state index in [1.165, 1.54) is 36.5 Å². The molecule has 0 aliphatic rings. The highest BCUT2D eigenvalue weighted by molar-refractivity contribution is 6.32. The number of nitro benzene ring substituents is 1. The van der Waals surface area contributed by atoms with Gasteiger partial charge in [0.2, 0.25) is 0 Å². The van der Waals surface area contributed by atoms with Gasteiger partial charge in [-0.05, 0) is 18.2 Å². The number of aromatic nitrogens is 1. The van der Waals surface area contributed by atoms with Gasteiger partial charge in [-0.1, -0.05) is 16.8 Å². The number of benzene rings is 1. The van der Waals surface area contributed by atoms with Gasteiger partial charge in [-0.2, -0.15) is 0 Å². The summed E-state index contributed by atoms with van der Waals surface area (Å²) in [4.78, 5) is 14.1. The molecule has 0 saturated carbocycles. The van der Waals surface area contributed by atoms with Crippen LogP contribution in [0.15, 0.2) is 41.7 Å². The smallest absolute Gasteiger partial charge is 0.273 e. The van der Waals surface area contributed by atoms with Gasteiger partial charge in [-0.3, -0.25) is 10.1 Å². The minimum absolute atomic E-state index is 0.129. The van der Waals surface area contributed by atoms with Gasteiger partial charge >= 0.3 is 0 Å². The molecule has 21 heavy (non-hydrogen) atoms. The average molecular weight is 309 g/mol. The maximum absolute atomic E-state index is 10.7. The third-order valence-electron chi connectivity index (χ3n) is 2.46. The molecule has 2 rings (SSSR count). The van der Waals surface area contributed by atoms with E-state index in [0.717, 1.165) is 0 Å². The van der Waals surface area contributed by atoms with Gasteiger partial charge in [-0.25, -0.2) is 4.98 Å². The molecule has 0 atom stereocenters. The molecule has 1 aromatic heterocycles. The van der Waals surface area contributed by atoms with Gasteiger partial charge in [-0.15, -0.1) is 0 Å². The zero-order valence-electron chi connectivity index (χ0n) is 10.4. The highest BCUT2D eigenvalue weighted by Gasteiger charge is 2.12. The molecule has 0 aliphatic carbocycles. The largest absolute Gasteiger partial charge is 0.454 e. The van der Waals surface area contributed by atoms with E-state index in [1.54, 1.807) is 0 Å². The Kier molecular flexibility index (Phi) is 4.19. The van der Waals surface area contributed by atoms with Crippen LogP contribution in [-0.2, 0) is 0 Å². The summed E-state index contributed by atoms with van der Waals surface area (Å²) < 4.78 is 5.43. The van der Waals surface area contributed by atoms with E-state index in [1.807, 2.05) is 0 Å². The summed E-state index contributed by atoms with van der Waals surface area (Å²) >= 11 is 5.91. The zero-order chi connectivity index (χ0) is 15.4. The second-order valence-corrected chi connectivity index (χ2v) is 4.25. The molecular formula is C12H9ClN4O4. The number of nitrogens with two attached hydrogens (primary N) is 1. The summed E-state index contributed by atoms with van der Waals surface area (Å²) in [5.41, 5.74) is 5.49. The van der Waals surface area contributed by atoms with E-state index in [0.29, 0.717) is 5.75 Å². The number of non-ortho nitro benzene ring substituents is 1. The Balaban J connectivity index is 2.26. The fourth-order valence-electron chi connectivity index (χ4n) is 1.45. The number of rotatable bonds is 4. The molecule has 3 N–H and O–H groups in total. The monoisotopic (exact) mass is 308 g/mol.